The number of amides is 2. The maximum Gasteiger partial charge on any atom is 0.286 e. The smallest absolute Gasteiger partial charge is 0.286 e. The number of hydrogen-bond donors (Lipinski definition) is 1. The Labute approximate surface area is 292 Å². The lowest BCUT2D eigenvalue weighted by molar-refractivity contribution is -0.119. The van der Waals surface area contributed by atoms with E-state index in [1.54, 1.807) is 13.2 Å². The fourth-order valence-corrected chi connectivity index (χ4v) is 9.77. The Bertz CT molecular complexity index is 1850. The molecule has 49 heavy (non-hydrogen) atoms. The molecular weight excluding hydrogens is 664 g/mol. The minimum Gasteiger partial charge on any atom is -0.490 e. The Balaban J connectivity index is 1.25. The molecular formula is C37H43ClN4O6S. The molecule has 7 rings (SSSR count). The van der Waals surface area contributed by atoms with Crippen LogP contribution in [0.15, 0.2) is 69.9 Å². The highest BCUT2D eigenvalue weighted by molar-refractivity contribution is 7.92. The van der Waals surface area contributed by atoms with Crippen LogP contribution < -0.4 is 14.4 Å². The summed E-state index contributed by atoms with van der Waals surface area (Å²) in [6.07, 6.45) is 13.8. The summed E-state index contributed by atoms with van der Waals surface area (Å²) in [5, 5.41) is 4.41. The van der Waals surface area contributed by atoms with Crippen molar-refractivity contribution in [1.29, 1.82) is 0 Å². The van der Waals surface area contributed by atoms with Crippen molar-refractivity contribution in [1.82, 2.24) is 9.88 Å². The average Bonchev–Trinajstić information content (AvgIpc) is 3.55. The van der Waals surface area contributed by atoms with Crippen LogP contribution in [0.25, 0.3) is 0 Å². The molecule has 4 aliphatic rings. The molecule has 12 heteroatoms. The summed E-state index contributed by atoms with van der Waals surface area (Å²) in [7, 11) is -1.66. The van der Waals surface area contributed by atoms with Crippen molar-refractivity contribution < 1.29 is 27.8 Å². The number of nitrogens with zero attached hydrogens (tertiary/aromatic N) is 3. The first-order valence-corrected chi connectivity index (χ1v) is 19.3. The van der Waals surface area contributed by atoms with Crippen LogP contribution in [-0.2, 0) is 37.7 Å². The number of carbonyl (C=O) groups excluding carboxylic acids is 2. The Kier molecular flexibility index (Phi) is 9.86. The first-order valence-electron chi connectivity index (χ1n) is 17.2. The van der Waals surface area contributed by atoms with Gasteiger partial charge in [0.2, 0.25) is 5.91 Å². The molecule has 1 spiro atoms. The number of halogens is 1. The summed E-state index contributed by atoms with van der Waals surface area (Å²) >= 11 is 6.44. The number of benzene rings is 2. The molecule has 5 atom stereocenters. The topological polar surface area (TPSA) is 123 Å². The van der Waals surface area contributed by atoms with E-state index < -0.39 is 21.7 Å². The molecule has 2 aliphatic heterocycles. The summed E-state index contributed by atoms with van der Waals surface area (Å²) in [6, 6.07) is 11.6. The fourth-order valence-electron chi connectivity index (χ4n) is 7.95. The number of nitrogens with one attached hydrogen (secondary N) is 1. The molecule has 2 aliphatic carbocycles. The van der Waals surface area contributed by atoms with E-state index in [4.69, 9.17) is 25.6 Å². The summed E-state index contributed by atoms with van der Waals surface area (Å²) in [5.41, 5.74) is 4.17. The number of aryl methyl sites for hydroxylation is 2. The van der Waals surface area contributed by atoms with Crippen molar-refractivity contribution >= 4 is 39.0 Å². The quantitative estimate of drug-likeness (QED) is 0.300. The second kappa shape index (κ2) is 14.3. The second-order valence-corrected chi connectivity index (χ2v) is 16.4. The van der Waals surface area contributed by atoms with E-state index >= 15 is 0 Å². The molecule has 1 N–H and O–H groups in total. The number of fused-ring (bicyclic) bond motifs is 4. The molecule has 1 unspecified atom stereocenters. The Hall–Kier alpha value is -3.67. The van der Waals surface area contributed by atoms with Crippen molar-refractivity contribution in [2.45, 2.75) is 69.3 Å². The normalized spacial score (nSPS) is 29.0. The summed E-state index contributed by atoms with van der Waals surface area (Å²) in [4.78, 5) is 29.2. The van der Waals surface area contributed by atoms with Gasteiger partial charge in [-0.25, -0.2) is 4.21 Å². The minimum atomic E-state index is -3.42. The van der Waals surface area contributed by atoms with Gasteiger partial charge in [0.15, 0.2) is 0 Å². The zero-order chi connectivity index (χ0) is 34.0. The van der Waals surface area contributed by atoms with Crippen molar-refractivity contribution in [3.8, 4) is 5.75 Å². The molecule has 2 amide bonds. The number of allylic oxidation sites excluding steroid dienone is 1. The number of hydrogen-bond acceptors (Lipinski definition) is 8. The third-order valence-corrected chi connectivity index (χ3v) is 12.7. The van der Waals surface area contributed by atoms with Crippen molar-refractivity contribution in [2.24, 2.45) is 16.2 Å². The van der Waals surface area contributed by atoms with Gasteiger partial charge in [0, 0.05) is 48.2 Å². The lowest BCUT2D eigenvalue weighted by Crippen LogP contribution is -2.49. The van der Waals surface area contributed by atoms with Gasteiger partial charge in [-0.2, -0.15) is 0 Å². The van der Waals surface area contributed by atoms with Gasteiger partial charge >= 0.3 is 0 Å². The Morgan fingerprint density at radius 3 is 2.90 bits per heavy atom. The molecule has 10 nitrogen and oxygen atoms in total. The van der Waals surface area contributed by atoms with Gasteiger partial charge < -0.3 is 18.9 Å². The van der Waals surface area contributed by atoms with Crippen LogP contribution in [0, 0.1) is 11.8 Å². The number of carbonyl (C=O) groups is 2. The van der Waals surface area contributed by atoms with Crippen molar-refractivity contribution in [2.75, 3.05) is 37.5 Å². The number of rotatable bonds is 5. The van der Waals surface area contributed by atoms with Gasteiger partial charge in [0.05, 0.1) is 30.3 Å². The molecule has 3 aromatic rings. The van der Waals surface area contributed by atoms with E-state index in [1.807, 2.05) is 18.2 Å². The van der Waals surface area contributed by atoms with E-state index in [2.05, 4.69) is 43.4 Å². The van der Waals surface area contributed by atoms with Gasteiger partial charge in [-0.3, -0.25) is 14.3 Å². The average molecular weight is 707 g/mol. The third kappa shape index (κ3) is 7.30. The number of aromatic nitrogens is 1. The predicted octanol–water partition coefficient (Wildman–Crippen LogP) is 6.46. The predicted molar refractivity (Wildman–Crippen MR) is 188 cm³/mol. The van der Waals surface area contributed by atoms with E-state index in [0.717, 1.165) is 61.5 Å². The highest BCUT2D eigenvalue weighted by atomic mass is 35.5. The van der Waals surface area contributed by atoms with E-state index in [1.165, 1.54) is 23.6 Å². The molecule has 2 bridgehead atoms. The van der Waals surface area contributed by atoms with Gasteiger partial charge in [0.25, 0.3) is 5.91 Å². The third-order valence-electron chi connectivity index (χ3n) is 10.7. The van der Waals surface area contributed by atoms with Gasteiger partial charge in [-0.1, -0.05) is 35.0 Å². The second-order valence-electron chi connectivity index (χ2n) is 13.9. The zero-order valence-corrected chi connectivity index (χ0v) is 29.3. The molecule has 0 saturated heterocycles. The van der Waals surface area contributed by atoms with Crippen LogP contribution in [0.1, 0.15) is 72.0 Å². The standard InChI is InChI=1S/C37H43ClN4O6S/c1-46-33-7-3-2-4-17-49(45,40-35(43)15-8-25-20-39-48-22-25)41-36(44)27-10-14-34-32(19-27)42(21-28-9-12-30(28)33)23-37(24-47-34)16-5-6-26-18-29(38)11-13-31(26)37/h3,7,10-11,13-14,18-20,22,28,30,33H,2,4-6,8-9,12,15-17,21,23-24H2,1H3,(H,40,41,43,44,45)/b7-3+/t28-,30+,33-,37-,49?/m0/s1. The highest BCUT2D eigenvalue weighted by Crippen LogP contribution is 2.47. The fraction of sp³-hybridized carbons (Fsp3) is 0.486. The minimum absolute atomic E-state index is 0.0396. The van der Waals surface area contributed by atoms with Gasteiger partial charge in [0.1, 0.15) is 21.9 Å². The molecule has 3 heterocycles. The maximum absolute atomic E-state index is 14.2. The number of ether oxygens (including phenoxy) is 2. The lowest BCUT2D eigenvalue weighted by atomic mass is 9.68. The summed E-state index contributed by atoms with van der Waals surface area (Å²) in [6.45, 7) is 2.02. The van der Waals surface area contributed by atoms with Crippen LogP contribution in [0.2, 0.25) is 5.02 Å². The molecule has 1 fully saturated rings. The molecule has 1 aromatic heterocycles. The van der Waals surface area contributed by atoms with Gasteiger partial charge in [-0.05, 0) is 105 Å². The zero-order valence-electron chi connectivity index (χ0n) is 27.8. The summed E-state index contributed by atoms with van der Waals surface area (Å²) < 4.78 is 38.5. The molecule has 1 saturated carbocycles. The molecule has 260 valence electrons. The Morgan fingerprint density at radius 1 is 1.20 bits per heavy atom. The summed E-state index contributed by atoms with van der Waals surface area (Å²) in [5.74, 6) is 0.407. The van der Waals surface area contributed by atoms with Crippen LogP contribution in [0.3, 0.4) is 0 Å². The lowest BCUT2D eigenvalue weighted by Gasteiger charge is -2.46. The van der Waals surface area contributed by atoms with Crippen LogP contribution in [-0.4, -0.2) is 59.8 Å². The first kappa shape index (κ1) is 33.8. The monoisotopic (exact) mass is 706 g/mol. The van der Waals surface area contributed by atoms with Crippen molar-refractivity contribution in [3.63, 3.8) is 0 Å². The Morgan fingerprint density at radius 2 is 2.10 bits per heavy atom. The SMILES string of the molecule is CO[C@H]1/C=C/CCCS(=O)(NC(=O)CCc2cnoc2)=NC(=O)c2ccc3c(c2)N(C[C@@H]2CC[C@H]21)C[C@@]1(CCCc2cc(Cl)ccc21)CO3. The van der Waals surface area contributed by atoms with Crippen molar-refractivity contribution in [3.05, 3.63) is 88.3 Å². The maximum atomic E-state index is 14.2. The van der Waals surface area contributed by atoms with Crippen LogP contribution in [0.5, 0.6) is 5.75 Å². The van der Waals surface area contributed by atoms with E-state index in [9.17, 15) is 13.8 Å². The van der Waals surface area contributed by atoms with Crippen LogP contribution in [0.4, 0.5) is 5.69 Å². The molecule has 2 aromatic carbocycles. The van der Waals surface area contributed by atoms with E-state index in [0.29, 0.717) is 49.0 Å². The first-order chi connectivity index (χ1) is 23.7. The number of anilines is 1. The molecule has 0 radical (unpaired) electrons. The van der Waals surface area contributed by atoms with Crippen LogP contribution >= 0.6 is 11.6 Å². The largest absolute Gasteiger partial charge is 0.490 e. The van der Waals surface area contributed by atoms with Gasteiger partial charge in [-0.15, -0.1) is 4.36 Å². The van der Waals surface area contributed by atoms with E-state index in [-0.39, 0.29) is 23.7 Å². The number of methoxy groups -OCH3 is 1. The highest BCUT2D eigenvalue weighted by Gasteiger charge is 2.44.